The van der Waals surface area contributed by atoms with E-state index >= 15 is 0 Å². The van der Waals surface area contributed by atoms with E-state index in [0.717, 1.165) is 39.0 Å². The van der Waals surface area contributed by atoms with Crippen LogP contribution in [0.1, 0.15) is 39.5 Å². The van der Waals surface area contributed by atoms with Gasteiger partial charge in [-0.25, -0.2) is 0 Å². The van der Waals surface area contributed by atoms with E-state index in [0.29, 0.717) is 12.6 Å². The molecule has 0 radical (unpaired) electrons. The first-order chi connectivity index (χ1) is 8.08. The predicted octanol–water partition coefficient (Wildman–Crippen LogP) is 1.04. The number of hydrogen-bond donors (Lipinski definition) is 2. The molecule has 17 heavy (non-hydrogen) atoms. The first kappa shape index (κ1) is 13.3. The van der Waals surface area contributed by atoms with Crippen molar-refractivity contribution in [3.8, 4) is 0 Å². The molecule has 2 heterocycles. The maximum absolute atomic E-state index is 5.97. The SMILES string of the molecule is CC1CC(CN)(NCC2(C)CCCO2)CCO1. The van der Waals surface area contributed by atoms with Crippen LogP contribution in [0.15, 0.2) is 0 Å². The Hall–Kier alpha value is -0.160. The molecule has 2 fully saturated rings. The summed E-state index contributed by atoms with van der Waals surface area (Å²) in [5, 5.41) is 3.67. The van der Waals surface area contributed by atoms with E-state index in [9.17, 15) is 0 Å². The van der Waals surface area contributed by atoms with E-state index in [1.807, 2.05) is 0 Å². The van der Waals surface area contributed by atoms with E-state index < -0.39 is 0 Å². The summed E-state index contributed by atoms with van der Waals surface area (Å²) in [7, 11) is 0. The topological polar surface area (TPSA) is 56.5 Å². The van der Waals surface area contributed by atoms with Gasteiger partial charge in [0.2, 0.25) is 0 Å². The fourth-order valence-electron chi connectivity index (χ4n) is 2.94. The highest BCUT2D eigenvalue weighted by Crippen LogP contribution is 2.28. The van der Waals surface area contributed by atoms with Crippen LogP contribution in [0.2, 0.25) is 0 Å². The van der Waals surface area contributed by atoms with Crippen LogP contribution in [0.5, 0.6) is 0 Å². The molecule has 0 saturated carbocycles. The molecule has 2 rings (SSSR count). The average molecular weight is 242 g/mol. The second kappa shape index (κ2) is 5.22. The van der Waals surface area contributed by atoms with Crippen molar-refractivity contribution in [1.82, 2.24) is 5.32 Å². The largest absolute Gasteiger partial charge is 0.378 e. The molecule has 3 N–H and O–H groups in total. The molecular formula is C13H26N2O2. The Morgan fingerprint density at radius 2 is 2.18 bits per heavy atom. The first-order valence-corrected chi connectivity index (χ1v) is 6.78. The van der Waals surface area contributed by atoms with Gasteiger partial charge in [-0.15, -0.1) is 0 Å². The Morgan fingerprint density at radius 1 is 1.35 bits per heavy atom. The Bertz CT molecular complexity index is 254. The monoisotopic (exact) mass is 242 g/mol. The van der Waals surface area contributed by atoms with Crippen LogP contribution >= 0.6 is 0 Å². The lowest BCUT2D eigenvalue weighted by molar-refractivity contribution is -0.0310. The number of rotatable bonds is 4. The lowest BCUT2D eigenvalue weighted by Crippen LogP contribution is -2.59. The third-order valence-corrected chi connectivity index (χ3v) is 4.19. The second-order valence-electron chi connectivity index (χ2n) is 5.88. The number of hydrogen-bond acceptors (Lipinski definition) is 4. The lowest BCUT2D eigenvalue weighted by atomic mass is 9.86. The van der Waals surface area contributed by atoms with Crippen LogP contribution < -0.4 is 11.1 Å². The molecule has 0 amide bonds. The number of nitrogens with one attached hydrogen (secondary N) is 1. The normalized spacial score (nSPS) is 42.9. The quantitative estimate of drug-likeness (QED) is 0.773. The molecule has 0 aliphatic carbocycles. The van der Waals surface area contributed by atoms with Crippen LogP contribution in [0.3, 0.4) is 0 Å². The highest BCUT2D eigenvalue weighted by atomic mass is 16.5. The van der Waals surface area contributed by atoms with Gasteiger partial charge in [0.05, 0.1) is 11.7 Å². The number of ether oxygens (including phenoxy) is 2. The Labute approximate surface area is 104 Å². The van der Waals surface area contributed by atoms with Gasteiger partial charge in [-0.2, -0.15) is 0 Å². The zero-order chi connectivity index (χ0) is 12.4. The van der Waals surface area contributed by atoms with Crippen LogP contribution in [0.4, 0.5) is 0 Å². The van der Waals surface area contributed by atoms with Crippen molar-refractivity contribution in [2.24, 2.45) is 5.73 Å². The molecule has 3 unspecified atom stereocenters. The van der Waals surface area contributed by atoms with Crippen molar-refractivity contribution >= 4 is 0 Å². The van der Waals surface area contributed by atoms with E-state index in [1.54, 1.807) is 0 Å². The van der Waals surface area contributed by atoms with E-state index in [-0.39, 0.29) is 11.1 Å². The molecule has 2 aliphatic rings. The van der Waals surface area contributed by atoms with Crippen molar-refractivity contribution in [2.45, 2.75) is 56.8 Å². The van der Waals surface area contributed by atoms with Crippen LogP contribution in [0, 0.1) is 0 Å². The maximum atomic E-state index is 5.97. The highest BCUT2D eigenvalue weighted by molar-refractivity contribution is 4.96. The summed E-state index contributed by atoms with van der Waals surface area (Å²) in [5.41, 5.74) is 6.02. The van der Waals surface area contributed by atoms with E-state index in [4.69, 9.17) is 15.2 Å². The minimum atomic E-state index is 0.00368. The summed E-state index contributed by atoms with van der Waals surface area (Å²) in [6, 6.07) is 0. The van der Waals surface area contributed by atoms with Crippen molar-refractivity contribution in [2.75, 3.05) is 26.3 Å². The summed E-state index contributed by atoms with van der Waals surface area (Å²) in [6.07, 6.45) is 4.63. The molecule has 0 aromatic carbocycles. The van der Waals surface area contributed by atoms with Gasteiger partial charge in [0.1, 0.15) is 0 Å². The standard InChI is InChI=1S/C13H26N2O2/c1-11-8-13(9-14,5-7-16-11)15-10-12(2)4-3-6-17-12/h11,15H,3-10,14H2,1-2H3. The van der Waals surface area contributed by atoms with Gasteiger partial charge in [0.15, 0.2) is 0 Å². The fraction of sp³-hybridized carbons (Fsp3) is 1.00. The smallest absolute Gasteiger partial charge is 0.0779 e. The summed E-state index contributed by atoms with van der Waals surface area (Å²) in [6.45, 7) is 7.60. The van der Waals surface area contributed by atoms with E-state index in [2.05, 4.69) is 19.2 Å². The van der Waals surface area contributed by atoms with Crippen LogP contribution in [-0.2, 0) is 9.47 Å². The molecular weight excluding hydrogens is 216 g/mol. The van der Waals surface area contributed by atoms with Crippen molar-refractivity contribution < 1.29 is 9.47 Å². The molecule has 2 saturated heterocycles. The Kier molecular flexibility index (Phi) is 4.08. The summed E-state index contributed by atoms with van der Waals surface area (Å²) in [5.74, 6) is 0. The van der Waals surface area contributed by atoms with Gasteiger partial charge in [0, 0.05) is 31.8 Å². The molecule has 4 heteroatoms. The van der Waals surface area contributed by atoms with Crippen molar-refractivity contribution in [1.29, 1.82) is 0 Å². The molecule has 3 atom stereocenters. The van der Waals surface area contributed by atoms with Crippen molar-refractivity contribution in [3.63, 3.8) is 0 Å². The van der Waals surface area contributed by atoms with Gasteiger partial charge < -0.3 is 20.5 Å². The zero-order valence-corrected chi connectivity index (χ0v) is 11.1. The van der Waals surface area contributed by atoms with E-state index in [1.165, 1.54) is 6.42 Å². The zero-order valence-electron chi connectivity index (χ0n) is 11.1. The minimum absolute atomic E-state index is 0.00368. The third-order valence-electron chi connectivity index (χ3n) is 4.19. The van der Waals surface area contributed by atoms with Crippen molar-refractivity contribution in [3.05, 3.63) is 0 Å². The highest BCUT2D eigenvalue weighted by Gasteiger charge is 2.37. The summed E-state index contributed by atoms with van der Waals surface area (Å²) >= 11 is 0. The Balaban J connectivity index is 1.90. The van der Waals surface area contributed by atoms with Gasteiger partial charge in [-0.3, -0.25) is 0 Å². The molecule has 0 aromatic heterocycles. The van der Waals surface area contributed by atoms with Gasteiger partial charge >= 0.3 is 0 Å². The summed E-state index contributed by atoms with van der Waals surface area (Å²) < 4.78 is 11.4. The molecule has 4 nitrogen and oxygen atoms in total. The molecule has 0 spiro atoms. The second-order valence-corrected chi connectivity index (χ2v) is 5.88. The van der Waals surface area contributed by atoms with Crippen LogP contribution in [-0.4, -0.2) is 43.5 Å². The van der Waals surface area contributed by atoms with Crippen LogP contribution in [0.25, 0.3) is 0 Å². The lowest BCUT2D eigenvalue weighted by Gasteiger charge is -2.42. The Morgan fingerprint density at radius 3 is 2.76 bits per heavy atom. The fourth-order valence-corrected chi connectivity index (χ4v) is 2.94. The maximum Gasteiger partial charge on any atom is 0.0779 e. The van der Waals surface area contributed by atoms with Gasteiger partial charge in [-0.05, 0) is 39.5 Å². The van der Waals surface area contributed by atoms with Gasteiger partial charge in [0.25, 0.3) is 0 Å². The van der Waals surface area contributed by atoms with Gasteiger partial charge in [-0.1, -0.05) is 0 Å². The number of nitrogens with two attached hydrogens (primary N) is 1. The molecule has 100 valence electrons. The average Bonchev–Trinajstić information content (AvgIpc) is 2.75. The molecule has 0 bridgehead atoms. The summed E-state index contributed by atoms with van der Waals surface area (Å²) in [4.78, 5) is 0. The molecule has 0 aromatic rings. The first-order valence-electron chi connectivity index (χ1n) is 6.78. The minimum Gasteiger partial charge on any atom is -0.378 e. The molecule has 2 aliphatic heterocycles. The third kappa shape index (κ3) is 3.19. The predicted molar refractivity (Wildman–Crippen MR) is 68.0 cm³/mol.